The molecule has 3 aromatic rings. The first-order chi connectivity index (χ1) is 12.1. The van der Waals surface area contributed by atoms with Crippen LogP contribution in [0.5, 0.6) is 0 Å². The van der Waals surface area contributed by atoms with Gasteiger partial charge in [-0.25, -0.2) is 0 Å². The van der Waals surface area contributed by atoms with Crippen LogP contribution in [0.25, 0.3) is 10.9 Å². The van der Waals surface area contributed by atoms with E-state index in [4.69, 9.17) is 16.4 Å². The van der Waals surface area contributed by atoms with Crippen molar-refractivity contribution in [2.75, 3.05) is 6.61 Å². The van der Waals surface area contributed by atoms with Gasteiger partial charge in [0, 0.05) is 24.2 Å². The van der Waals surface area contributed by atoms with Gasteiger partial charge in [0.25, 0.3) is 0 Å². The number of hydrogen-bond donors (Lipinski definition) is 0. The van der Waals surface area contributed by atoms with Crippen LogP contribution in [-0.2, 0) is 11.2 Å². The summed E-state index contributed by atoms with van der Waals surface area (Å²) in [6.45, 7) is 2.52. The molecule has 1 aromatic carbocycles. The second-order valence-corrected chi connectivity index (χ2v) is 6.02. The molecular formula is C19H17ClN2O3. The number of aromatic nitrogens is 2. The smallest absolute Gasteiger partial charge is 0.231 e. The van der Waals surface area contributed by atoms with Gasteiger partial charge in [-0.3, -0.25) is 14.6 Å². The monoisotopic (exact) mass is 356 g/mol. The number of para-hydroxylation sites is 1. The summed E-state index contributed by atoms with van der Waals surface area (Å²) in [7, 11) is 0. The van der Waals surface area contributed by atoms with Crippen molar-refractivity contribution in [2.24, 2.45) is 0 Å². The van der Waals surface area contributed by atoms with E-state index in [0.29, 0.717) is 28.1 Å². The zero-order valence-corrected chi connectivity index (χ0v) is 14.5. The molecule has 0 unspecified atom stereocenters. The van der Waals surface area contributed by atoms with Crippen LogP contribution < -0.4 is 4.84 Å². The minimum atomic E-state index is -0.553. The molecule has 3 rings (SSSR count). The Morgan fingerprint density at radius 3 is 2.80 bits per heavy atom. The Morgan fingerprint density at radius 1 is 1.24 bits per heavy atom. The molecule has 0 aliphatic rings. The number of nitrogens with zero attached hydrogens (tertiary/aromatic N) is 2. The fourth-order valence-corrected chi connectivity index (χ4v) is 2.76. The lowest BCUT2D eigenvalue weighted by Gasteiger charge is -2.05. The minimum Gasteiger partial charge on any atom is -0.414 e. The normalized spacial score (nSPS) is 10.8. The Hall–Kier alpha value is -2.66. The van der Waals surface area contributed by atoms with Gasteiger partial charge in [0.15, 0.2) is 0 Å². The lowest BCUT2D eigenvalue weighted by atomic mass is 10.0. The first-order valence-corrected chi connectivity index (χ1v) is 8.39. The van der Waals surface area contributed by atoms with Gasteiger partial charge in [-0.05, 0) is 24.1 Å². The molecule has 2 aromatic heterocycles. The van der Waals surface area contributed by atoms with Crippen molar-refractivity contribution < 1.29 is 14.4 Å². The van der Waals surface area contributed by atoms with Crippen LogP contribution in [0.4, 0.5) is 0 Å². The number of fused-ring (bicyclic) bond motifs is 1. The fourth-order valence-electron chi connectivity index (χ4n) is 2.58. The maximum absolute atomic E-state index is 12.7. The van der Waals surface area contributed by atoms with Crippen LogP contribution in [0.1, 0.15) is 29.3 Å². The number of Topliss-reactive ketones (excluding diaryl/α,β-unsaturated/α-hetero) is 2. The number of pyridine rings is 1. The van der Waals surface area contributed by atoms with E-state index in [1.807, 2.05) is 25.1 Å². The van der Waals surface area contributed by atoms with E-state index < -0.39 is 11.6 Å². The molecule has 0 aliphatic heterocycles. The molecule has 6 heteroatoms. The summed E-state index contributed by atoms with van der Waals surface area (Å²) >= 11 is 6.03. The Labute approximate surface area is 150 Å². The quantitative estimate of drug-likeness (QED) is 0.480. The maximum Gasteiger partial charge on any atom is 0.231 e. The zero-order chi connectivity index (χ0) is 17.8. The SMILES string of the molecule is CCCOn1cc(C(=O)C(=O)Cc2ccncc2Cl)c2ccccc21. The van der Waals surface area contributed by atoms with Crippen molar-refractivity contribution in [2.45, 2.75) is 19.8 Å². The second-order valence-electron chi connectivity index (χ2n) is 5.62. The highest BCUT2D eigenvalue weighted by molar-refractivity contribution is 6.46. The van der Waals surface area contributed by atoms with Gasteiger partial charge in [0.2, 0.25) is 11.6 Å². The molecule has 0 amide bonds. The molecule has 128 valence electrons. The number of benzene rings is 1. The summed E-state index contributed by atoms with van der Waals surface area (Å²) in [5.74, 6) is -1.07. The standard InChI is InChI=1S/C19H17ClN2O3/c1-2-9-25-22-12-15(14-5-3-4-6-17(14)22)19(24)18(23)10-13-7-8-21-11-16(13)20/h3-8,11-12H,2,9-10H2,1H3. The van der Waals surface area contributed by atoms with Crippen molar-refractivity contribution >= 4 is 34.1 Å². The Balaban J connectivity index is 1.91. The largest absolute Gasteiger partial charge is 0.414 e. The third-order valence-electron chi connectivity index (χ3n) is 3.82. The highest BCUT2D eigenvalue weighted by Gasteiger charge is 2.22. The maximum atomic E-state index is 12.7. The van der Waals surface area contributed by atoms with Gasteiger partial charge >= 0.3 is 0 Å². The summed E-state index contributed by atoms with van der Waals surface area (Å²) in [5.41, 5.74) is 1.68. The Bertz CT molecular complexity index is 933. The second kappa shape index (κ2) is 7.49. The number of halogens is 1. The molecule has 0 N–H and O–H groups in total. The van der Waals surface area contributed by atoms with Crippen molar-refractivity contribution in [3.63, 3.8) is 0 Å². The summed E-state index contributed by atoms with van der Waals surface area (Å²) in [6.07, 6.45) is 5.36. The first-order valence-electron chi connectivity index (χ1n) is 8.01. The third-order valence-corrected chi connectivity index (χ3v) is 4.16. The number of carbonyl (C=O) groups excluding carboxylic acids is 2. The van der Waals surface area contributed by atoms with Gasteiger partial charge in [-0.2, -0.15) is 4.73 Å². The van der Waals surface area contributed by atoms with Crippen LogP contribution >= 0.6 is 11.6 Å². The van der Waals surface area contributed by atoms with Gasteiger partial charge in [0.1, 0.15) is 6.61 Å². The molecule has 25 heavy (non-hydrogen) atoms. The van der Waals surface area contributed by atoms with E-state index in [1.54, 1.807) is 29.3 Å². The van der Waals surface area contributed by atoms with Gasteiger partial charge in [-0.1, -0.05) is 36.7 Å². The van der Waals surface area contributed by atoms with Crippen molar-refractivity contribution in [3.8, 4) is 0 Å². The lowest BCUT2D eigenvalue weighted by Crippen LogP contribution is -2.17. The third kappa shape index (κ3) is 3.56. The molecule has 2 heterocycles. The van der Waals surface area contributed by atoms with Crippen molar-refractivity contribution in [3.05, 3.63) is 65.1 Å². The van der Waals surface area contributed by atoms with Crippen LogP contribution in [0.15, 0.2) is 48.9 Å². The van der Waals surface area contributed by atoms with Crippen LogP contribution in [0, 0.1) is 0 Å². The summed E-state index contributed by atoms with van der Waals surface area (Å²) < 4.78 is 1.55. The molecule has 0 saturated heterocycles. The highest BCUT2D eigenvalue weighted by Crippen LogP contribution is 2.22. The fraction of sp³-hybridized carbons (Fsp3) is 0.211. The Kier molecular flexibility index (Phi) is 5.14. The zero-order valence-electron chi connectivity index (χ0n) is 13.7. The van der Waals surface area contributed by atoms with E-state index >= 15 is 0 Å². The average Bonchev–Trinajstić information content (AvgIpc) is 3.00. The number of hydrogen-bond acceptors (Lipinski definition) is 4. The Morgan fingerprint density at radius 2 is 2.04 bits per heavy atom. The topological polar surface area (TPSA) is 61.2 Å². The van der Waals surface area contributed by atoms with Gasteiger partial charge < -0.3 is 4.84 Å². The number of ketones is 2. The molecule has 0 radical (unpaired) electrons. The highest BCUT2D eigenvalue weighted by atomic mass is 35.5. The number of carbonyl (C=O) groups is 2. The van der Waals surface area contributed by atoms with E-state index in [2.05, 4.69) is 4.98 Å². The van der Waals surface area contributed by atoms with Crippen LogP contribution in [0.2, 0.25) is 5.02 Å². The minimum absolute atomic E-state index is 0.0600. The van der Waals surface area contributed by atoms with E-state index in [9.17, 15) is 9.59 Å². The van der Waals surface area contributed by atoms with Crippen molar-refractivity contribution in [1.29, 1.82) is 0 Å². The summed E-state index contributed by atoms with van der Waals surface area (Å²) in [6, 6.07) is 8.99. The lowest BCUT2D eigenvalue weighted by molar-refractivity contribution is -0.114. The molecule has 0 bridgehead atoms. The summed E-state index contributed by atoms with van der Waals surface area (Å²) in [5, 5.41) is 1.06. The van der Waals surface area contributed by atoms with E-state index in [-0.39, 0.29) is 6.42 Å². The molecule has 0 saturated carbocycles. The van der Waals surface area contributed by atoms with Crippen LogP contribution in [-0.4, -0.2) is 27.9 Å². The number of rotatable bonds is 7. The molecule has 0 aliphatic carbocycles. The van der Waals surface area contributed by atoms with E-state index in [1.165, 1.54) is 6.20 Å². The van der Waals surface area contributed by atoms with Crippen molar-refractivity contribution in [1.82, 2.24) is 9.71 Å². The van der Waals surface area contributed by atoms with Crippen LogP contribution in [0.3, 0.4) is 0 Å². The first kappa shape index (κ1) is 17.2. The summed E-state index contributed by atoms with van der Waals surface area (Å²) in [4.78, 5) is 34.7. The molecule has 0 spiro atoms. The van der Waals surface area contributed by atoms with E-state index in [0.717, 1.165) is 11.9 Å². The molecule has 5 nitrogen and oxygen atoms in total. The van der Waals surface area contributed by atoms with Gasteiger partial charge in [-0.15, -0.1) is 0 Å². The van der Waals surface area contributed by atoms with Gasteiger partial charge in [0.05, 0.1) is 22.3 Å². The average molecular weight is 357 g/mol. The molecule has 0 fully saturated rings. The predicted molar refractivity (Wildman–Crippen MR) is 96.0 cm³/mol. The molecular weight excluding hydrogens is 340 g/mol. The molecule has 0 atom stereocenters. The predicted octanol–water partition coefficient (Wildman–Crippen LogP) is 3.52.